The average molecular weight is 336 g/mol. The summed E-state index contributed by atoms with van der Waals surface area (Å²) in [6.45, 7) is 7.71. The van der Waals surface area contributed by atoms with Crippen LogP contribution in [0.15, 0.2) is 29.3 Å². The van der Waals surface area contributed by atoms with Crippen LogP contribution in [-0.2, 0) is 11.2 Å². The summed E-state index contributed by atoms with van der Waals surface area (Å²) < 4.78 is 13.6. The number of nitrogens with one attached hydrogen (secondary N) is 3. The van der Waals surface area contributed by atoms with Gasteiger partial charge in [-0.25, -0.2) is 4.39 Å². The molecule has 1 aromatic rings. The van der Waals surface area contributed by atoms with Crippen molar-refractivity contribution in [3.8, 4) is 0 Å². The van der Waals surface area contributed by atoms with Crippen LogP contribution in [0.3, 0.4) is 0 Å². The molecule has 1 aromatic carbocycles. The minimum atomic E-state index is -0.192. The molecule has 0 saturated heterocycles. The summed E-state index contributed by atoms with van der Waals surface area (Å²) in [7, 11) is 0. The van der Waals surface area contributed by atoms with Gasteiger partial charge in [0.1, 0.15) is 5.82 Å². The molecule has 1 rings (SSSR count). The molecule has 6 heteroatoms. The number of nitrogens with zero attached hydrogens (tertiary/aromatic N) is 1. The largest absolute Gasteiger partial charge is 0.357 e. The van der Waals surface area contributed by atoms with E-state index in [1.807, 2.05) is 26.8 Å². The van der Waals surface area contributed by atoms with E-state index >= 15 is 0 Å². The molecule has 0 aliphatic heterocycles. The molecule has 1 amide bonds. The molecule has 0 spiro atoms. The molecule has 3 N–H and O–H groups in total. The molecule has 24 heavy (non-hydrogen) atoms. The van der Waals surface area contributed by atoms with Crippen molar-refractivity contribution in [1.29, 1.82) is 0 Å². The Balaban J connectivity index is 2.39. The summed E-state index contributed by atoms with van der Waals surface area (Å²) >= 11 is 0. The number of rotatable bonds is 9. The average Bonchev–Trinajstić information content (AvgIpc) is 2.56. The van der Waals surface area contributed by atoms with E-state index in [1.165, 1.54) is 6.07 Å². The van der Waals surface area contributed by atoms with Crippen molar-refractivity contribution in [2.24, 2.45) is 4.99 Å². The topological polar surface area (TPSA) is 65.5 Å². The SMILES string of the molecule is CCNC(=NCCC(=O)NC(C)CC)NCCc1ccccc1F. The summed E-state index contributed by atoms with van der Waals surface area (Å²) in [5, 5.41) is 9.20. The highest BCUT2D eigenvalue weighted by Crippen LogP contribution is 2.06. The van der Waals surface area contributed by atoms with Gasteiger partial charge >= 0.3 is 0 Å². The minimum Gasteiger partial charge on any atom is -0.357 e. The summed E-state index contributed by atoms with van der Waals surface area (Å²) in [5.74, 6) is 0.462. The monoisotopic (exact) mass is 336 g/mol. The van der Waals surface area contributed by atoms with Gasteiger partial charge in [0, 0.05) is 25.6 Å². The number of hydrogen-bond donors (Lipinski definition) is 3. The van der Waals surface area contributed by atoms with Crippen LogP contribution in [-0.4, -0.2) is 37.5 Å². The first kappa shape index (κ1) is 19.9. The number of benzene rings is 1. The normalized spacial score (nSPS) is 12.6. The van der Waals surface area contributed by atoms with Gasteiger partial charge in [0.05, 0.1) is 6.54 Å². The Hall–Kier alpha value is -2.11. The summed E-state index contributed by atoms with van der Waals surface area (Å²) in [4.78, 5) is 16.1. The second kappa shape index (κ2) is 11.4. The zero-order valence-corrected chi connectivity index (χ0v) is 14.9. The quantitative estimate of drug-likeness (QED) is 0.479. The van der Waals surface area contributed by atoms with Gasteiger partial charge in [-0.2, -0.15) is 0 Å². The van der Waals surface area contributed by atoms with Crippen LogP contribution < -0.4 is 16.0 Å². The molecule has 1 unspecified atom stereocenters. The van der Waals surface area contributed by atoms with Crippen LogP contribution in [0.4, 0.5) is 4.39 Å². The number of aliphatic imine (C=N–C) groups is 1. The second-order valence-electron chi connectivity index (χ2n) is 5.66. The second-order valence-corrected chi connectivity index (χ2v) is 5.66. The first-order valence-corrected chi connectivity index (χ1v) is 8.61. The van der Waals surface area contributed by atoms with E-state index in [2.05, 4.69) is 20.9 Å². The van der Waals surface area contributed by atoms with E-state index < -0.39 is 0 Å². The molecule has 0 heterocycles. The van der Waals surface area contributed by atoms with Crippen molar-refractivity contribution < 1.29 is 9.18 Å². The molecule has 0 fully saturated rings. The van der Waals surface area contributed by atoms with Gasteiger partial charge in [-0.1, -0.05) is 25.1 Å². The standard InChI is InChI=1S/C18H29FN4O/c1-4-14(3)23-17(24)11-13-22-18(20-5-2)21-12-10-15-8-6-7-9-16(15)19/h6-9,14H,4-5,10-13H2,1-3H3,(H,23,24)(H2,20,21,22). The maximum atomic E-state index is 13.6. The predicted molar refractivity (Wildman–Crippen MR) is 96.6 cm³/mol. The van der Waals surface area contributed by atoms with Crippen molar-refractivity contribution in [3.05, 3.63) is 35.6 Å². The van der Waals surface area contributed by atoms with Gasteiger partial charge in [0.2, 0.25) is 5.91 Å². The van der Waals surface area contributed by atoms with E-state index in [4.69, 9.17) is 0 Å². The third-order valence-corrected chi connectivity index (χ3v) is 3.62. The van der Waals surface area contributed by atoms with Crippen LogP contribution in [0.2, 0.25) is 0 Å². The van der Waals surface area contributed by atoms with E-state index in [9.17, 15) is 9.18 Å². The van der Waals surface area contributed by atoms with Gasteiger partial charge in [-0.15, -0.1) is 0 Å². The lowest BCUT2D eigenvalue weighted by Gasteiger charge is -2.12. The van der Waals surface area contributed by atoms with Crippen LogP contribution in [0.1, 0.15) is 39.2 Å². The van der Waals surface area contributed by atoms with Crippen LogP contribution in [0.25, 0.3) is 0 Å². The zero-order valence-electron chi connectivity index (χ0n) is 14.9. The van der Waals surface area contributed by atoms with Gasteiger partial charge < -0.3 is 16.0 Å². The van der Waals surface area contributed by atoms with Gasteiger partial charge in [0.15, 0.2) is 5.96 Å². The molecular formula is C18H29FN4O. The third-order valence-electron chi connectivity index (χ3n) is 3.62. The lowest BCUT2D eigenvalue weighted by atomic mass is 10.1. The number of halogens is 1. The van der Waals surface area contributed by atoms with Crippen molar-refractivity contribution in [1.82, 2.24) is 16.0 Å². The smallest absolute Gasteiger partial charge is 0.222 e. The zero-order chi connectivity index (χ0) is 17.8. The summed E-state index contributed by atoms with van der Waals surface area (Å²) in [5.41, 5.74) is 0.675. The lowest BCUT2D eigenvalue weighted by Crippen LogP contribution is -2.39. The highest BCUT2D eigenvalue weighted by molar-refractivity contribution is 5.80. The maximum Gasteiger partial charge on any atom is 0.222 e. The van der Waals surface area contributed by atoms with Gasteiger partial charge in [-0.3, -0.25) is 9.79 Å². The Labute approximate surface area is 144 Å². The molecule has 0 aromatic heterocycles. The maximum absolute atomic E-state index is 13.6. The van der Waals surface area contributed by atoms with Crippen molar-refractivity contribution in [3.63, 3.8) is 0 Å². The highest BCUT2D eigenvalue weighted by Gasteiger charge is 2.05. The van der Waals surface area contributed by atoms with Crippen LogP contribution in [0.5, 0.6) is 0 Å². The molecule has 134 valence electrons. The first-order chi connectivity index (χ1) is 11.6. The van der Waals surface area contributed by atoms with E-state index in [-0.39, 0.29) is 17.8 Å². The summed E-state index contributed by atoms with van der Waals surface area (Å²) in [6.07, 6.45) is 1.84. The van der Waals surface area contributed by atoms with Crippen LogP contribution >= 0.6 is 0 Å². The fraction of sp³-hybridized carbons (Fsp3) is 0.556. The van der Waals surface area contributed by atoms with Gasteiger partial charge in [-0.05, 0) is 38.3 Å². The molecule has 0 bridgehead atoms. The fourth-order valence-electron chi connectivity index (χ4n) is 2.08. The molecular weight excluding hydrogens is 307 g/mol. The van der Waals surface area contributed by atoms with E-state index in [1.54, 1.807) is 12.1 Å². The van der Waals surface area contributed by atoms with Gasteiger partial charge in [0.25, 0.3) is 0 Å². The van der Waals surface area contributed by atoms with Crippen molar-refractivity contribution in [2.75, 3.05) is 19.6 Å². The van der Waals surface area contributed by atoms with Crippen molar-refractivity contribution >= 4 is 11.9 Å². The Morgan fingerprint density at radius 1 is 1.25 bits per heavy atom. The van der Waals surface area contributed by atoms with E-state index in [0.29, 0.717) is 37.5 Å². The molecule has 0 radical (unpaired) electrons. The fourth-order valence-corrected chi connectivity index (χ4v) is 2.08. The third kappa shape index (κ3) is 7.94. The number of amides is 1. The highest BCUT2D eigenvalue weighted by atomic mass is 19.1. The van der Waals surface area contributed by atoms with Crippen molar-refractivity contribution in [2.45, 2.75) is 46.1 Å². The Morgan fingerprint density at radius 3 is 2.67 bits per heavy atom. The Morgan fingerprint density at radius 2 is 2.00 bits per heavy atom. The number of carbonyl (C=O) groups is 1. The molecule has 0 saturated carbocycles. The first-order valence-electron chi connectivity index (χ1n) is 8.61. The Bertz CT molecular complexity index is 534. The number of guanidine groups is 1. The van der Waals surface area contributed by atoms with Crippen LogP contribution in [0, 0.1) is 5.82 Å². The predicted octanol–water partition coefficient (Wildman–Crippen LogP) is 2.23. The minimum absolute atomic E-state index is 0.00954. The summed E-state index contributed by atoms with van der Waals surface area (Å²) in [6, 6.07) is 6.94. The number of carbonyl (C=O) groups excluding carboxylic acids is 1. The molecule has 5 nitrogen and oxygen atoms in total. The lowest BCUT2D eigenvalue weighted by molar-refractivity contribution is -0.121. The molecule has 1 atom stereocenters. The Kier molecular flexibility index (Phi) is 9.49. The molecule has 0 aliphatic rings. The van der Waals surface area contributed by atoms with E-state index in [0.717, 1.165) is 13.0 Å². The molecule has 0 aliphatic carbocycles. The number of hydrogen-bond acceptors (Lipinski definition) is 2.